The minimum atomic E-state index is 0.260. The van der Waals surface area contributed by atoms with E-state index in [9.17, 15) is 4.79 Å². The summed E-state index contributed by atoms with van der Waals surface area (Å²) in [6.45, 7) is 6.14. The Labute approximate surface area is 168 Å². The van der Waals surface area contributed by atoms with E-state index >= 15 is 0 Å². The number of amides is 1. The lowest BCUT2D eigenvalue weighted by Crippen LogP contribution is -2.48. The van der Waals surface area contributed by atoms with Gasteiger partial charge in [-0.25, -0.2) is 0 Å². The van der Waals surface area contributed by atoms with Gasteiger partial charge in [0.2, 0.25) is 5.91 Å². The first-order valence-electron chi connectivity index (χ1n) is 10.1. The molecule has 2 aromatic carbocycles. The summed E-state index contributed by atoms with van der Waals surface area (Å²) in [4.78, 5) is 16.8. The van der Waals surface area contributed by atoms with Crippen molar-refractivity contribution in [3.05, 3.63) is 65.7 Å². The summed E-state index contributed by atoms with van der Waals surface area (Å²) < 4.78 is 5.17. The van der Waals surface area contributed by atoms with Gasteiger partial charge >= 0.3 is 0 Å². The summed E-state index contributed by atoms with van der Waals surface area (Å²) in [5.41, 5.74) is 2.61. The van der Waals surface area contributed by atoms with Crippen LogP contribution in [-0.2, 0) is 17.8 Å². The lowest BCUT2D eigenvalue weighted by molar-refractivity contribution is -0.132. The summed E-state index contributed by atoms with van der Waals surface area (Å²) in [7, 11) is 1.68. The molecule has 5 nitrogen and oxygen atoms in total. The number of rotatable bonds is 9. The van der Waals surface area contributed by atoms with Crippen molar-refractivity contribution >= 4 is 5.91 Å². The highest BCUT2D eigenvalue weighted by atomic mass is 16.5. The van der Waals surface area contributed by atoms with Gasteiger partial charge in [0.05, 0.1) is 7.11 Å². The molecule has 1 fully saturated rings. The van der Waals surface area contributed by atoms with E-state index in [2.05, 4.69) is 46.6 Å². The first-order valence-corrected chi connectivity index (χ1v) is 10.1. The predicted molar refractivity (Wildman–Crippen MR) is 112 cm³/mol. The fraction of sp³-hybridized carbons (Fsp3) is 0.435. The average molecular weight is 382 g/mol. The van der Waals surface area contributed by atoms with E-state index in [0.717, 1.165) is 58.0 Å². The van der Waals surface area contributed by atoms with Gasteiger partial charge in [-0.1, -0.05) is 42.5 Å². The molecule has 0 spiro atoms. The minimum Gasteiger partial charge on any atom is -0.497 e. The van der Waals surface area contributed by atoms with E-state index in [1.54, 1.807) is 7.11 Å². The van der Waals surface area contributed by atoms with Crippen LogP contribution in [0.4, 0.5) is 0 Å². The lowest BCUT2D eigenvalue weighted by atomic mass is 10.1. The van der Waals surface area contributed by atoms with Crippen molar-refractivity contribution in [2.24, 2.45) is 0 Å². The van der Waals surface area contributed by atoms with Gasteiger partial charge in [-0.15, -0.1) is 0 Å². The first-order chi connectivity index (χ1) is 13.7. The van der Waals surface area contributed by atoms with Gasteiger partial charge in [-0.3, -0.25) is 9.69 Å². The number of hydrogen-bond acceptors (Lipinski definition) is 4. The van der Waals surface area contributed by atoms with Crippen LogP contribution in [0.1, 0.15) is 17.5 Å². The third-order valence-electron chi connectivity index (χ3n) is 5.24. The van der Waals surface area contributed by atoms with Crippen LogP contribution < -0.4 is 10.1 Å². The number of piperazine rings is 1. The minimum absolute atomic E-state index is 0.260. The van der Waals surface area contributed by atoms with E-state index in [1.165, 1.54) is 11.1 Å². The zero-order valence-electron chi connectivity index (χ0n) is 16.8. The normalized spacial score (nSPS) is 14.8. The fourth-order valence-corrected chi connectivity index (χ4v) is 3.50. The Morgan fingerprint density at radius 1 is 0.929 bits per heavy atom. The monoisotopic (exact) mass is 381 g/mol. The van der Waals surface area contributed by atoms with Gasteiger partial charge in [0, 0.05) is 45.7 Å². The molecule has 1 amide bonds. The number of nitrogens with zero attached hydrogens (tertiary/aromatic N) is 2. The molecule has 1 saturated heterocycles. The molecule has 0 radical (unpaired) electrons. The van der Waals surface area contributed by atoms with Crippen molar-refractivity contribution in [1.29, 1.82) is 0 Å². The van der Waals surface area contributed by atoms with Crippen LogP contribution >= 0.6 is 0 Å². The highest BCUT2D eigenvalue weighted by Gasteiger charge is 2.20. The van der Waals surface area contributed by atoms with Crippen LogP contribution in [0.3, 0.4) is 0 Å². The maximum Gasteiger partial charge on any atom is 0.223 e. The van der Waals surface area contributed by atoms with Crippen LogP contribution in [0.5, 0.6) is 5.75 Å². The van der Waals surface area contributed by atoms with Crippen molar-refractivity contribution in [1.82, 2.24) is 15.1 Å². The molecular formula is C23H31N3O2. The molecule has 1 aliphatic heterocycles. The SMILES string of the molecule is COc1ccc(CCNCCC(=O)N2CCN(Cc3ccccc3)CC2)cc1. The van der Waals surface area contributed by atoms with Gasteiger partial charge in [0.15, 0.2) is 0 Å². The number of carbonyl (C=O) groups is 1. The van der Waals surface area contributed by atoms with Crippen molar-refractivity contribution in [3.8, 4) is 5.75 Å². The Morgan fingerprint density at radius 2 is 1.64 bits per heavy atom. The van der Waals surface area contributed by atoms with Crippen molar-refractivity contribution in [2.45, 2.75) is 19.4 Å². The molecule has 28 heavy (non-hydrogen) atoms. The van der Waals surface area contributed by atoms with E-state index in [4.69, 9.17) is 4.74 Å². The van der Waals surface area contributed by atoms with E-state index < -0.39 is 0 Å². The molecular weight excluding hydrogens is 350 g/mol. The molecule has 0 atom stereocenters. The zero-order valence-corrected chi connectivity index (χ0v) is 16.8. The second-order valence-electron chi connectivity index (χ2n) is 7.24. The fourth-order valence-electron chi connectivity index (χ4n) is 3.50. The van der Waals surface area contributed by atoms with E-state index in [1.807, 2.05) is 23.1 Å². The predicted octanol–water partition coefficient (Wildman–Crippen LogP) is 2.56. The molecule has 0 bridgehead atoms. The highest BCUT2D eigenvalue weighted by molar-refractivity contribution is 5.76. The second-order valence-corrected chi connectivity index (χ2v) is 7.24. The Morgan fingerprint density at radius 3 is 2.32 bits per heavy atom. The van der Waals surface area contributed by atoms with E-state index in [0.29, 0.717) is 6.42 Å². The molecule has 5 heteroatoms. The molecule has 0 unspecified atom stereocenters. The number of carbonyl (C=O) groups excluding carboxylic acids is 1. The number of hydrogen-bond donors (Lipinski definition) is 1. The molecule has 150 valence electrons. The highest BCUT2D eigenvalue weighted by Crippen LogP contribution is 2.11. The Kier molecular flexibility index (Phi) is 7.88. The average Bonchev–Trinajstić information content (AvgIpc) is 2.75. The van der Waals surface area contributed by atoms with Gasteiger partial charge in [0.1, 0.15) is 5.75 Å². The molecule has 2 aromatic rings. The Bertz CT molecular complexity index is 710. The van der Waals surface area contributed by atoms with Crippen LogP contribution in [0, 0.1) is 0 Å². The number of nitrogens with one attached hydrogen (secondary N) is 1. The number of benzene rings is 2. The van der Waals surface area contributed by atoms with E-state index in [-0.39, 0.29) is 5.91 Å². The molecule has 1 N–H and O–H groups in total. The molecule has 0 aliphatic carbocycles. The largest absolute Gasteiger partial charge is 0.497 e. The van der Waals surface area contributed by atoms with Gasteiger partial charge in [-0.2, -0.15) is 0 Å². The molecule has 1 aliphatic rings. The van der Waals surface area contributed by atoms with Crippen molar-refractivity contribution in [3.63, 3.8) is 0 Å². The molecule has 1 heterocycles. The quantitative estimate of drug-likeness (QED) is 0.678. The lowest BCUT2D eigenvalue weighted by Gasteiger charge is -2.34. The van der Waals surface area contributed by atoms with Crippen LogP contribution in [0.2, 0.25) is 0 Å². The molecule has 0 saturated carbocycles. The maximum atomic E-state index is 12.4. The zero-order chi connectivity index (χ0) is 19.6. The topological polar surface area (TPSA) is 44.8 Å². The van der Waals surface area contributed by atoms with Crippen LogP contribution in [0.15, 0.2) is 54.6 Å². The van der Waals surface area contributed by atoms with Crippen LogP contribution in [-0.4, -0.2) is 62.1 Å². The standard InChI is InChI=1S/C23H31N3O2/c1-28-22-9-7-20(8-10-22)11-13-24-14-12-23(27)26-17-15-25(16-18-26)19-21-5-3-2-4-6-21/h2-10,24H,11-19H2,1H3. The summed E-state index contributed by atoms with van der Waals surface area (Å²) >= 11 is 0. The van der Waals surface area contributed by atoms with Crippen LogP contribution in [0.25, 0.3) is 0 Å². The maximum absolute atomic E-state index is 12.4. The summed E-state index contributed by atoms with van der Waals surface area (Å²) in [6, 6.07) is 18.7. The third-order valence-corrected chi connectivity index (χ3v) is 5.24. The third kappa shape index (κ3) is 6.36. The van der Waals surface area contributed by atoms with Crippen molar-refractivity contribution in [2.75, 3.05) is 46.4 Å². The van der Waals surface area contributed by atoms with Crippen molar-refractivity contribution < 1.29 is 9.53 Å². The Hall–Kier alpha value is -2.37. The summed E-state index contributed by atoms with van der Waals surface area (Å²) in [6.07, 6.45) is 1.53. The van der Waals surface area contributed by atoms with Gasteiger partial charge < -0.3 is 15.0 Å². The number of ether oxygens (including phenoxy) is 1. The first kappa shape index (κ1) is 20.4. The molecule has 0 aromatic heterocycles. The summed E-state index contributed by atoms with van der Waals surface area (Å²) in [5, 5.41) is 3.38. The van der Waals surface area contributed by atoms with Gasteiger partial charge in [-0.05, 0) is 36.2 Å². The second kappa shape index (κ2) is 10.8. The Balaban J connectivity index is 1.28. The summed E-state index contributed by atoms with van der Waals surface area (Å²) in [5.74, 6) is 1.14. The number of methoxy groups -OCH3 is 1. The van der Waals surface area contributed by atoms with Gasteiger partial charge in [0.25, 0.3) is 0 Å². The smallest absolute Gasteiger partial charge is 0.223 e. The molecule has 3 rings (SSSR count).